The first-order valence-corrected chi connectivity index (χ1v) is 13.0. The van der Waals surface area contributed by atoms with Crippen molar-refractivity contribution in [2.45, 2.75) is 13.0 Å². The molecule has 4 rings (SSSR count). The molecule has 0 aliphatic carbocycles. The molecule has 200 valence electrons. The van der Waals surface area contributed by atoms with Crippen LogP contribution in [0.5, 0.6) is 11.5 Å². The molecule has 1 amide bonds. The molecule has 8 nitrogen and oxygen atoms in total. The first kappa shape index (κ1) is 27.4. The summed E-state index contributed by atoms with van der Waals surface area (Å²) in [6, 6.07) is 22.8. The number of thiophene rings is 1. The van der Waals surface area contributed by atoms with E-state index < -0.39 is 23.9 Å². The van der Waals surface area contributed by atoms with Crippen LogP contribution < -0.4 is 14.8 Å². The van der Waals surface area contributed by atoms with Crippen molar-refractivity contribution in [2.75, 3.05) is 26.1 Å². The summed E-state index contributed by atoms with van der Waals surface area (Å²) >= 11 is 1.18. The molecule has 1 N–H and O–H groups in total. The molecular weight excluding hydrogens is 518 g/mol. The zero-order valence-corrected chi connectivity index (χ0v) is 22.4. The Hall–Kier alpha value is -4.63. The minimum Gasteiger partial charge on any atom is -0.496 e. The Bertz CT molecular complexity index is 1430. The van der Waals surface area contributed by atoms with E-state index in [1.165, 1.54) is 25.6 Å². The number of benzene rings is 3. The molecule has 0 saturated carbocycles. The molecule has 0 saturated heterocycles. The molecule has 9 heteroatoms. The van der Waals surface area contributed by atoms with Crippen LogP contribution in [-0.2, 0) is 14.3 Å². The van der Waals surface area contributed by atoms with Crippen LogP contribution in [-0.4, -0.2) is 38.7 Å². The van der Waals surface area contributed by atoms with Crippen LogP contribution >= 0.6 is 11.3 Å². The molecule has 0 aliphatic heterocycles. The summed E-state index contributed by atoms with van der Waals surface area (Å²) < 4.78 is 21.7. The van der Waals surface area contributed by atoms with Gasteiger partial charge in [-0.3, -0.25) is 4.79 Å². The summed E-state index contributed by atoms with van der Waals surface area (Å²) in [4.78, 5) is 40.0. The van der Waals surface area contributed by atoms with Crippen LogP contribution in [0.2, 0.25) is 0 Å². The van der Waals surface area contributed by atoms with Gasteiger partial charge in [-0.15, -0.1) is 11.3 Å². The molecule has 0 bridgehead atoms. The molecule has 1 aromatic heterocycles. The lowest BCUT2D eigenvalue weighted by atomic mass is 10.0. The molecule has 39 heavy (non-hydrogen) atoms. The van der Waals surface area contributed by atoms with E-state index in [9.17, 15) is 14.4 Å². The molecule has 3 aromatic carbocycles. The largest absolute Gasteiger partial charge is 0.496 e. The van der Waals surface area contributed by atoms with E-state index in [2.05, 4.69) is 5.32 Å². The van der Waals surface area contributed by atoms with Gasteiger partial charge < -0.3 is 24.3 Å². The quantitative estimate of drug-likeness (QED) is 0.239. The van der Waals surface area contributed by atoms with Crippen molar-refractivity contribution < 1.29 is 33.3 Å². The topological polar surface area (TPSA) is 100 Å². The number of nitrogens with one attached hydrogen (secondary N) is 1. The summed E-state index contributed by atoms with van der Waals surface area (Å²) in [6.45, 7) is 1.88. The van der Waals surface area contributed by atoms with Gasteiger partial charge in [0.1, 0.15) is 27.6 Å². The van der Waals surface area contributed by atoms with Crippen molar-refractivity contribution >= 4 is 34.2 Å². The van der Waals surface area contributed by atoms with Crippen LogP contribution in [0.4, 0.5) is 5.00 Å². The highest BCUT2D eigenvalue weighted by Crippen LogP contribution is 2.37. The maximum absolute atomic E-state index is 13.7. The first-order chi connectivity index (χ1) is 19.0. The van der Waals surface area contributed by atoms with E-state index in [4.69, 9.17) is 18.9 Å². The zero-order chi connectivity index (χ0) is 27.8. The van der Waals surface area contributed by atoms with Crippen molar-refractivity contribution in [2.24, 2.45) is 0 Å². The third-order valence-electron chi connectivity index (χ3n) is 5.79. The molecule has 0 aliphatic rings. The minimum absolute atomic E-state index is 0.0472. The molecule has 1 unspecified atom stereocenters. The number of methoxy groups -OCH3 is 2. The molecule has 0 radical (unpaired) electrons. The maximum Gasteiger partial charge on any atom is 0.346 e. The average Bonchev–Trinajstić information content (AvgIpc) is 3.39. The van der Waals surface area contributed by atoms with Gasteiger partial charge in [-0.1, -0.05) is 66.7 Å². The van der Waals surface area contributed by atoms with Gasteiger partial charge in [0.25, 0.3) is 5.91 Å². The fourth-order valence-corrected chi connectivity index (χ4v) is 4.94. The maximum atomic E-state index is 13.7. The first-order valence-electron chi connectivity index (χ1n) is 12.1. The van der Waals surface area contributed by atoms with Gasteiger partial charge in [0.05, 0.1) is 20.8 Å². The second kappa shape index (κ2) is 12.7. The van der Waals surface area contributed by atoms with Gasteiger partial charge in [-0.25, -0.2) is 9.59 Å². The number of carbonyl (C=O) groups is 3. The fourth-order valence-electron chi connectivity index (χ4n) is 3.98. The Kier molecular flexibility index (Phi) is 8.96. The molecular formula is C30H27NO7S. The Labute approximate surface area is 230 Å². The van der Waals surface area contributed by atoms with E-state index >= 15 is 0 Å². The van der Waals surface area contributed by atoms with E-state index in [-0.39, 0.29) is 34.2 Å². The number of hydrogen-bond acceptors (Lipinski definition) is 8. The van der Waals surface area contributed by atoms with Gasteiger partial charge in [-0.05, 0) is 24.6 Å². The Balaban J connectivity index is 1.70. The lowest BCUT2D eigenvalue weighted by molar-refractivity contribution is -0.125. The van der Waals surface area contributed by atoms with Crippen LogP contribution in [0.25, 0.3) is 11.1 Å². The van der Waals surface area contributed by atoms with Crippen molar-refractivity contribution in [1.82, 2.24) is 0 Å². The summed E-state index contributed by atoms with van der Waals surface area (Å²) in [7, 11) is 2.84. The summed E-state index contributed by atoms with van der Waals surface area (Å²) in [5, 5.41) is 4.85. The van der Waals surface area contributed by atoms with Crippen molar-refractivity contribution in [1.29, 1.82) is 0 Å². The summed E-state index contributed by atoms with van der Waals surface area (Å²) in [6.07, 6.45) is -1.34. The van der Waals surface area contributed by atoms with Crippen molar-refractivity contribution in [3.8, 4) is 22.6 Å². The fraction of sp³-hybridized carbons (Fsp3) is 0.167. The van der Waals surface area contributed by atoms with Crippen LogP contribution in [0.3, 0.4) is 0 Å². The van der Waals surface area contributed by atoms with E-state index in [1.807, 2.05) is 30.3 Å². The third-order valence-corrected chi connectivity index (χ3v) is 6.68. The van der Waals surface area contributed by atoms with E-state index in [0.29, 0.717) is 11.1 Å². The third kappa shape index (κ3) is 6.10. The predicted octanol–water partition coefficient (Wildman–Crippen LogP) is 6.15. The number of rotatable bonds is 10. The molecule has 1 heterocycles. The van der Waals surface area contributed by atoms with Crippen molar-refractivity contribution in [3.63, 3.8) is 0 Å². The highest BCUT2D eigenvalue weighted by Gasteiger charge is 2.31. The predicted molar refractivity (Wildman–Crippen MR) is 148 cm³/mol. The van der Waals surface area contributed by atoms with E-state index in [1.54, 1.807) is 60.8 Å². The standard InChI is InChI=1S/C30H27NO7S/c1-4-37-29(33)24-21(19-12-7-5-8-13-19)18-39-28(24)31-27(32)26(20-14-9-6-10-15-20)38-30(34)25-22(35-2)16-11-17-23(25)36-3/h5-18,26H,4H2,1-3H3,(H,31,32). The highest BCUT2D eigenvalue weighted by molar-refractivity contribution is 7.15. The van der Waals surface area contributed by atoms with Gasteiger partial charge in [0.15, 0.2) is 0 Å². The number of amides is 1. The van der Waals surface area contributed by atoms with Crippen LogP contribution in [0, 0.1) is 0 Å². The van der Waals surface area contributed by atoms with Gasteiger partial charge >= 0.3 is 11.9 Å². The lowest BCUT2D eigenvalue weighted by Crippen LogP contribution is -2.26. The minimum atomic E-state index is -1.34. The van der Waals surface area contributed by atoms with Crippen LogP contribution in [0.15, 0.2) is 84.2 Å². The Morgan fingerprint density at radius 3 is 2.00 bits per heavy atom. The smallest absolute Gasteiger partial charge is 0.346 e. The second-order valence-corrected chi connectivity index (χ2v) is 9.04. The zero-order valence-electron chi connectivity index (χ0n) is 21.6. The average molecular weight is 546 g/mol. The number of esters is 2. The Morgan fingerprint density at radius 1 is 0.795 bits per heavy atom. The van der Waals surface area contributed by atoms with E-state index in [0.717, 1.165) is 5.56 Å². The lowest BCUT2D eigenvalue weighted by Gasteiger charge is -2.20. The van der Waals surface area contributed by atoms with Gasteiger partial charge in [0, 0.05) is 16.5 Å². The Morgan fingerprint density at radius 2 is 1.41 bits per heavy atom. The molecule has 4 aromatic rings. The summed E-state index contributed by atoms with van der Waals surface area (Å²) in [5.41, 5.74) is 2.14. The highest BCUT2D eigenvalue weighted by atomic mass is 32.1. The number of hydrogen-bond donors (Lipinski definition) is 1. The normalized spacial score (nSPS) is 11.3. The van der Waals surface area contributed by atoms with Gasteiger partial charge in [-0.2, -0.15) is 0 Å². The molecule has 0 fully saturated rings. The second-order valence-electron chi connectivity index (χ2n) is 8.16. The number of carbonyl (C=O) groups excluding carboxylic acids is 3. The van der Waals surface area contributed by atoms with Gasteiger partial charge in [0.2, 0.25) is 6.10 Å². The summed E-state index contributed by atoms with van der Waals surface area (Å²) in [5.74, 6) is -1.55. The number of ether oxygens (including phenoxy) is 4. The molecule has 1 atom stereocenters. The van der Waals surface area contributed by atoms with Crippen LogP contribution in [0.1, 0.15) is 39.3 Å². The van der Waals surface area contributed by atoms with Crippen molar-refractivity contribution in [3.05, 3.63) is 101 Å². The SMILES string of the molecule is CCOC(=O)c1c(-c2ccccc2)csc1NC(=O)C(OC(=O)c1c(OC)cccc1OC)c1ccccc1. The number of anilines is 1. The molecule has 0 spiro atoms. The monoisotopic (exact) mass is 545 g/mol.